The van der Waals surface area contributed by atoms with Crippen molar-refractivity contribution in [2.45, 2.75) is 96.8 Å². The van der Waals surface area contributed by atoms with E-state index in [1.165, 1.54) is 0 Å². The molecular weight excluding hydrogens is 371 g/mol. The Labute approximate surface area is 183 Å². The van der Waals surface area contributed by atoms with Gasteiger partial charge in [-0.3, -0.25) is 0 Å². The topological polar surface area (TPSA) is 20.2 Å². The fourth-order valence-corrected chi connectivity index (χ4v) is 9.32. The van der Waals surface area contributed by atoms with Crippen LogP contribution in [-0.4, -0.2) is 16.4 Å². The van der Waals surface area contributed by atoms with Gasteiger partial charge in [-0.05, 0) is 106 Å². The summed E-state index contributed by atoms with van der Waals surface area (Å²) in [5.74, 6) is 0.813. The van der Waals surface area contributed by atoms with E-state index < -0.39 is 11.3 Å². The van der Waals surface area contributed by atoms with Gasteiger partial charge in [-0.1, -0.05) is 33.1 Å². The van der Waals surface area contributed by atoms with Gasteiger partial charge >= 0.3 is 0 Å². The molecule has 0 saturated heterocycles. The minimum absolute atomic E-state index is 0.0424. The number of allylic oxidation sites excluding steroid dienone is 3. The molecule has 30 heavy (non-hydrogen) atoms. The van der Waals surface area contributed by atoms with E-state index in [2.05, 4.69) is 51.5 Å². The Morgan fingerprint density at radius 1 is 1.03 bits per heavy atom. The van der Waals surface area contributed by atoms with Gasteiger partial charge < -0.3 is 5.11 Å². The molecule has 1 N–H and O–H groups in total. The van der Waals surface area contributed by atoms with Gasteiger partial charge in [-0.15, -0.1) is 12.3 Å². The number of halogens is 1. The Hall–Kier alpha value is -1.11. The van der Waals surface area contributed by atoms with Crippen LogP contribution >= 0.6 is 0 Å². The first-order valence-electron chi connectivity index (χ1n) is 11.9. The third-order valence-electron chi connectivity index (χ3n) is 11.0. The zero-order valence-electron chi connectivity index (χ0n) is 19.6. The first-order chi connectivity index (χ1) is 13.9. The van der Waals surface area contributed by atoms with E-state index in [0.717, 1.165) is 51.4 Å². The Morgan fingerprint density at radius 3 is 2.30 bits per heavy atom. The lowest BCUT2D eigenvalue weighted by molar-refractivity contribution is -0.197. The second-order valence-corrected chi connectivity index (χ2v) is 12.1. The molecule has 4 fully saturated rings. The van der Waals surface area contributed by atoms with E-state index in [-0.39, 0.29) is 21.7 Å². The largest absolute Gasteiger partial charge is 0.390 e. The van der Waals surface area contributed by atoms with Gasteiger partial charge in [-0.25, -0.2) is 4.39 Å². The fraction of sp³-hybridized carbons (Fsp3) is 0.750. The van der Waals surface area contributed by atoms with Crippen LogP contribution in [0.1, 0.15) is 85.5 Å². The van der Waals surface area contributed by atoms with Crippen molar-refractivity contribution in [1.82, 2.24) is 0 Å². The van der Waals surface area contributed by atoms with Crippen molar-refractivity contribution in [2.24, 2.45) is 33.5 Å². The van der Waals surface area contributed by atoms with E-state index in [9.17, 15) is 5.11 Å². The minimum atomic E-state index is -1.28. The second kappa shape index (κ2) is 6.46. The molecular formula is C28H41FO. The zero-order valence-corrected chi connectivity index (χ0v) is 19.6. The van der Waals surface area contributed by atoms with Gasteiger partial charge in [0.1, 0.15) is 5.67 Å². The SMILES string of the molecule is C=C=C[C@]12CC[C@@]3(C)[C@@](C)(CC[C@]3(F)C(=C)C)[C@@H]1CC[C@]1(C=C)C[C@](C)(O)CC[C@@H]12. The molecule has 4 aliphatic rings. The normalized spacial score (nSPS) is 54.9. The van der Waals surface area contributed by atoms with Gasteiger partial charge in [0.15, 0.2) is 0 Å². The van der Waals surface area contributed by atoms with Crippen molar-refractivity contribution in [3.8, 4) is 0 Å². The van der Waals surface area contributed by atoms with E-state index >= 15 is 4.39 Å². The summed E-state index contributed by atoms with van der Waals surface area (Å²) in [5, 5.41) is 10.9. The minimum Gasteiger partial charge on any atom is -0.390 e. The molecule has 4 rings (SSSR count). The summed E-state index contributed by atoms with van der Waals surface area (Å²) in [5.41, 5.74) is 1.40. The predicted molar refractivity (Wildman–Crippen MR) is 123 cm³/mol. The number of hydrogen-bond donors (Lipinski definition) is 1. The lowest BCUT2D eigenvalue weighted by atomic mass is 9.35. The Bertz CT molecular complexity index is 820. The molecule has 0 aromatic heterocycles. The number of hydrogen-bond acceptors (Lipinski definition) is 1. The summed E-state index contributed by atoms with van der Waals surface area (Å²) in [6.45, 7) is 20.8. The van der Waals surface area contributed by atoms with Crippen LogP contribution < -0.4 is 0 Å². The summed E-state index contributed by atoms with van der Waals surface area (Å²) in [6, 6.07) is 0. The molecule has 0 unspecified atom stereocenters. The maximum atomic E-state index is 16.5. The molecule has 0 heterocycles. The quantitative estimate of drug-likeness (QED) is 0.380. The van der Waals surface area contributed by atoms with Crippen LogP contribution in [0.5, 0.6) is 0 Å². The second-order valence-electron chi connectivity index (χ2n) is 12.1. The van der Waals surface area contributed by atoms with Crippen molar-refractivity contribution in [3.63, 3.8) is 0 Å². The highest BCUT2D eigenvalue weighted by molar-refractivity contribution is 5.32. The van der Waals surface area contributed by atoms with Crippen molar-refractivity contribution in [1.29, 1.82) is 0 Å². The third-order valence-corrected chi connectivity index (χ3v) is 11.0. The van der Waals surface area contributed by atoms with E-state index in [0.29, 0.717) is 23.8 Å². The lowest BCUT2D eigenvalue weighted by Gasteiger charge is -2.69. The Kier molecular flexibility index (Phi) is 4.76. The van der Waals surface area contributed by atoms with Gasteiger partial charge in [0.25, 0.3) is 0 Å². The van der Waals surface area contributed by atoms with Crippen LogP contribution in [0.2, 0.25) is 0 Å². The van der Waals surface area contributed by atoms with Gasteiger partial charge in [0.05, 0.1) is 5.60 Å². The van der Waals surface area contributed by atoms with E-state index in [4.69, 9.17) is 0 Å². The van der Waals surface area contributed by atoms with Crippen molar-refractivity contribution in [2.75, 3.05) is 0 Å². The number of fused-ring (bicyclic) bond motifs is 5. The van der Waals surface area contributed by atoms with Crippen molar-refractivity contribution in [3.05, 3.63) is 43.2 Å². The molecule has 0 radical (unpaired) electrons. The van der Waals surface area contributed by atoms with Gasteiger partial charge in [0.2, 0.25) is 0 Å². The summed E-state index contributed by atoms with van der Waals surface area (Å²) in [7, 11) is 0. The highest BCUT2D eigenvalue weighted by Crippen LogP contribution is 2.78. The van der Waals surface area contributed by atoms with Crippen LogP contribution in [0, 0.1) is 33.5 Å². The highest BCUT2D eigenvalue weighted by Gasteiger charge is 2.74. The van der Waals surface area contributed by atoms with Crippen LogP contribution in [0.15, 0.2) is 43.2 Å². The number of rotatable bonds is 3. The van der Waals surface area contributed by atoms with E-state index in [1.807, 2.05) is 13.8 Å². The van der Waals surface area contributed by atoms with Crippen LogP contribution in [0.3, 0.4) is 0 Å². The van der Waals surface area contributed by atoms with Crippen LogP contribution in [0.25, 0.3) is 0 Å². The van der Waals surface area contributed by atoms with Crippen LogP contribution in [-0.2, 0) is 0 Å². The highest BCUT2D eigenvalue weighted by atomic mass is 19.1. The molecule has 2 heteroatoms. The van der Waals surface area contributed by atoms with Gasteiger partial charge in [-0.2, -0.15) is 0 Å². The number of alkyl halides is 1. The summed E-state index contributed by atoms with van der Waals surface area (Å²) < 4.78 is 16.5. The molecule has 0 aromatic carbocycles. The van der Waals surface area contributed by atoms with Gasteiger partial charge in [0, 0.05) is 10.8 Å². The summed E-state index contributed by atoms with van der Waals surface area (Å²) >= 11 is 0. The molecule has 4 saturated carbocycles. The van der Waals surface area contributed by atoms with E-state index in [1.54, 1.807) is 0 Å². The molecule has 1 nitrogen and oxygen atoms in total. The first-order valence-corrected chi connectivity index (χ1v) is 11.9. The average Bonchev–Trinajstić information content (AvgIpc) is 2.89. The number of aliphatic hydroxyl groups is 1. The first kappa shape index (κ1) is 22.1. The molecule has 166 valence electrons. The molecule has 0 bridgehead atoms. The molecule has 0 amide bonds. The Balaban J connectivity index is 1.85. The fourth-order valence-electron chi connectivity index (χ4n) is 9.32. The zero-order chi connectivity index (χ0) is 22.2. The van der Waals surface area contributed by atoms with Crippen LogP contribution in [0.4, 0.5) is 4.39 Å². The molecule has 8 atom stereocenters. The molecule has 0 aromatic rings. The third kappa shape index (κ3) is 2.44. The standard InChI is InChI=1S/C28H41FO/c1-8-12-27-17-16-25(7)24(6,15-18-28(25,29)20(3)4)21(27)11-14-26(9-2)19-23(5,30)13-10-22(26)27/h9,12,21-22,30H,1-3,10-11,13-19H2,4-7H3/t21-,22-,23+,24-,25-,26+,27-,28-/m0/s1. The average molecular weight is 413 g/mol. The monoisotopic (exact) mass is 412 g/mol. The van der Waals surface area contributed by atoms with Crippen molar-refractivity contribution < 1.29 is 9.50 Å². The van der Waals surface area contributed by atoms with Crippen molar-refractivity contribution >= 4 is 0 Å². The lowest BCUT2D eigenvalue weighted by Crippen LogP contribution is -2.64. The summed E-state index contributed by atoms with van der Waals surface area (Å²) in [4.78, 5) is 0. The summed E-state index contributed by atoms with van der Waals surface area (Å²) in [6.07, 6.45) is 12.4. The molecule has 4 aliphatic carbocycles. The maximum Gasteiger partial charge on any atom is 0.137 e. The Morgan fingerprint density at radius 2 is 1.70 bits per heavy atom. The maximum absolute atomic E-state index is 16.5. The smallest absolute Gasteiger partial charge is 0.137 e. The molecule has 0 spiro atoms. The predicted octanol–water partition coefficient (Wildman–Crippen LogP) is 7.33. The molecule has 0 aliphatic heterocycles.